The molecule has 0 unspecified atom stereocenters. The van der Waals surface area contributed by atoms with Gasteiger partial charge in [-0.1, -0.05) is 30.3 Å². The molecule has 0 amide bonds. The molecule has 1 aliphatic rings. The maximum absolute atomic E-state index is 9.93. The molecule has 0 aliphatic carbocycles. The smallest absolute Gasteiger partial charge is 0.0491 e. The van der Waals surface area contributed by atoms with Gasteiger partial charge in [0.1, 0.15) is 0 Å². The minimum absolute atomic E-state index is 0.312. The summed E-state index contributed by atoms with van der Waals surface area (Å²) >= 11 is 0. The summed E-state index contributed by atoms with van der Waals surface area (Å²) in [7, 11) is 0. The highest BCUT2D eigenvalue weighted by Gasteiger charge is 2.19. The van der Waals surface area contributed by atoms with Crippen molar-refractivity contribution in [3.8, 4) is 0 Å². The fraction of sp³-hybridized carbons (Fsp3) is 0.500. The van der Waals surface area contributed by atoms with Crippen LogP contribution in [0.4, 0.5) is 0 Å². The molecule has 1 fully saturated rings. The number of nitrogens with zero attached hydrogens (tertiary/aromatic N) is 1. The summed E-state index contributed by atoms with van der Waals surface area (Å²) in [5.74, 6) is 0. The Labute approximate surface area is 90.7 Å². The third-order valence-corrected chi connectivity index (χ3v) is 2.92. The van der Waals surface area contributed by atoms with Crippen LogP contribution in [0, 0.1) is 0 Å². The van der Waals surface area contributed by atoms with Crippen LogP contribution in [0.1, 0.15) is 18.4 Å². The summed E-state index contributed by atoms with van der Waals surface area (Å²) in [6, 6.07) is 10.4. The molecule has 0 bridgehead atoms. The Morgan fingerprint density at radius 2 is 1.87 bits per heavy atom. The first-order valence-corrected chi connectivity index (χ1v) is 5.56. The molecule has 1 heterocycles. The number of hydroxylamine groups is 2. The van der Waals surface area contributed by atoms with Crippen molar-refractivity contribution in [3.05, 3.63) is 35.9 Å². The standard InChI is InChI=1S/C12H18N2O/c15-14(12-6-8-13-9-7-12)10-11-4-2-1-3-5-11/h1-5,12-13,15H,6-10H2. The van der Waals surface area contributed by atoms with Crippen LogP contribution in [-0.4, -0.2) is 29.4 Å². The van der Waals surface area contributed by atoms with Crippen molar-refractivity contribution in [2.75, 3.05) is 13.1 Å². The summed E-state index contributed by atoms with van der Waals surface area (Å²) in [6.45, 7) is 2.65. The van der Waals surface area contributed by atoms with Crippen LogP contribution >= 0.6 is 0 Å². The number of benzene rings is 1. The first-order valence-electron chi connectivity index (χ1n) is 5.56. The van der Waals surface area contributed by atoms with Crippen LogP contribution in [0.2, 0.25) is 0 Å². The fourth-order valence-electron chi connectivity index (χ4n) is 2.00. The molecule has 0 spiro atoms. The molecule has 0 radical (unpaired) electrons. The molecular formula is C12H18N2O. The molecule has 15 heavy (non-hydrogen) atoms. The Bertz CT molecular complexity index is 283. The largest absolute Gasteiger partial charge is 0.317 e. The molecule has 1 aromatic rings. The maximum atomic E-state index is 9.93. The molecule has 82 valence electrons. The highest BCUT2D eigenvalue weighted by Crippen LogP contribution is 2.12. The predicted octanol–water partition coefficient (Wildman–Crippen LogP) is 1.63. The van der Waals surface area contributed by atoms with Crippen molar-refractivity contribution in [2.45, 2.75) is 25.4 Å². The Kier molecular flexibility index (Phi) is 3.72. The normalized spacial score (nSPS) is 18.3. The second kappa shape index (κ2) is 5.26. The van der Waals surface area contributed by atoms with E-state index in [1.807, 2.05) is 30.3 Å². The molecular weight excluding hydrogens is 188 g/mol. The Morgan fingerprint density at radius 3 is 2.53 bits per heavy atom. The van der Waals surface area contributed by atoms with Crippen LogP contribution in [0.15, 0.2) is 30.3 Å². The highest BCUT2D eigenvalue weighted by molar-refractivity contribution is 5.14. The van der Waals surface area contributed by atoms with E-state index >= 15 is 0 Å². The van der Waals surface area contributed by atoms with Crippen LogP contribution in [0.3, 0.4) is 0 Å². The predicted molar refractivity (Wildman–Crippen MR) is 59.7 cm³/mol. The Balaban J connectivity index is 1.88. The van der Waals surface area contributed by atoms with Gasteiger partial charge in [0, 0.05) is 12.6 Å². The topological polar surface area (TPSA) is 35.5 Å². The van der Waals surface area contributed by atoms with Crippen LogP contribution in [0.5, 0.6) is 0 Å². The quantitative estimate of drug-likeness (QED) is 0.738. The van der Waals surface area contributed by atoms with Gasteiger partial charge in [0.25, 0.3) is 0 Å². The van der Waals surface area contributed by atoms with E-state index in [4.69, 9.17) is 0 Å². The van der Waals surface area contributed by atoms with E-state index in [0.717, 1.165) is 25.9 Å². The number of rotatable bonds is 3. The SMILES string of the molecule is ON(Cc1ccccc1)C1CCNCC1. The fourth-order valence-corrected chi connectivity index (χ4v) is 2.00. The molecule has 0 atom stereocenters. The Hall–Kier alpha value is -0.900. The summed E-state index contributed by atoms with van der Waals surface area (Å²) in [6.07, 6.45) is 2.06. The average molecular weight is 206 g/mol. The van der Waals surface area contributed by atoms with Gasteiger partial charge in [-0.15, -0.1) is 0 Å². The lowest BCUT2D eigenvalue weighted by Crippen LogP contribution is -2.41. The summed E-state index contributed by atoms with van der Waals surface area (Å²) < 4.78 is 0. The molecule has 2 N–H and O–H groups in total. The number of piperidine rings is 1. The van der Waals surface area contributed by atoms with E-state index in [1.54, 1.807) is 0 Å². The number of nitrogens with one attached hydrogen (secondary N) is 1. The zero-order valence-electron chi connectivity index (χ0n) is 8.89. The molecule has 0 aromatic heterocycles. The maximum Gasteiger partial charge on any atom is 0.0491 e. The summed E-state index contributed by atoms with van der Waals surface area (Å²) in [5.41, 5.74) is 1.17. The minimum Gasteiger partial charge on any atom is -0.317 e. The van der Waals surface area contributed by atoms with E-state index in [1.165, 1.54) is 10.6 Å². The molecule has 0 saturated carbocycles. The third-order valence-electron chi connectivity index (χ3n) is 2.92. The van der Waals surface area contributed by atoms with Gasteiger partial charge < -0.3 is 10.5 Å². The lowest BCUT2D eigenvalue weighted by atomic mass is 10.1. The van der Waals surface area contributed by atoms with E-state index in [0.29, 0.717) is 12.6 Å². The van der Waals surface area contributed by atoms with Gasteiger partial charge in [-0.05, 0) is 31.5 Å². The molecule has 3 heteroatoms. The van der Waals surface area contributed by atoms with Crippen molar-refractivity contribution >= 4 is 0 Å². The monoisotopic (exact) mass is 206 g/mol. The molecule has 2 rings (SSSR count). The van der Waals surface area contributed by atoms with Gasteiger partial charge in [0.2, 0.25) is 0 Å². The van der Waals surface area contributed by atoms with Crippen molar-refractivity contribution in [1.29, 1.82) is 0 Å². The summed E-state index contributed by atoms with van der Waals surface area (Å²) in [4.78, 5) is 0. The van der Waals surface area contributed by atoms with Crippen LogP contribution in [-0.2, 0) is 6.54 Å². The van der Waals surface area contributed by atoms with Gasteiger partial charge >= 0.3 is 0 Å². The van der Waals surface area contributed by atoms with Gasteiger partial charge in [-0.25, -0.2) is 0 Å². The molecule has 1 aliphatic heterocycles. The second-order valence-corrected chi connectivity index (χ2v) is 4.06. The molecule has 1 saturated heterocycles. The van der Waals surface area contributed by atoms with Gasteiger partial charge in [-0.2, -0.15) is 5.06 Å². The number of hydrogen-bond donors (Lipinski definition) is 2. The van der Waals surface area contributed by atoms with E-state index in [-0.39, 0.29) is 0 Å². The van der Waals surface area contributed by atoms with E-state index in [9.17, 15) is 5.21 Å². The number of hydrogen-bond acceptors (Lipinski definition) is 3. The minimum atomic E-state index is 0.312. The first-order chi connectivity index (χ1) is 7.36. The summed E-state index contributed by atoms with van der Waals surface area (Å²) in [5, 5.41) is 14.7. The van der Waals surface area contributed by atoms with Crippen molar-refractivity contribution in [3.63, 3.8) is 0 Å². The highest BCUT2D eigenvalue weighted by atomic mass is 16.5. The zero-order valence-corrected chi connectivity index (χ0v) is 8.89. The van der Waals surface area contributed by atoms with Crippen LogP contribution < -0.4 is 5.32 Å². The van der Waals surface area contributed by atoms with E-state index in [2.05, 4.69) is 5.32 Å². The van der Waals surface area contributed by atoms with Crippen molar-refractivity contribution in [2.24, 2.45) is 0 Å². The van der Waals surface area contributed by atoms with E-state index < -0.39 is 0 Å². The van der Waals surface area contributed by atoms with Crippen LogP contribution in [0.25, 0.3) is 0 Å². The van der Waals surface area contributed by atoms with Gasteiger partial charge in [0.15, 0.2) is 0 Å². The first kappa shape index (κ1) is 10.6. The lowest BCUT2D eigenvalue weighted by molar-refractivity contribution is -0.141. The van der Waals surface area contributed by atoms with Crippen molar-refractivity contribution < 1.29 is 5.21 Å². The Morgan fingerprint density at radius 1 is 1.20 bits per heavy atom. The zero-order chi connectivity index (χ0) is 10.5. The molecule has 1 aromatic carbocycles. The second-order valence-electron chi connectivity index (χ2n) is 4.06. The van der Waals surface area contributed by atoms with Gasteiger partial charge in [-0.3, -0.25) is 0 Å². The lowest BCUT2D eigenvalue weighted by Gasteiger charge is -2.29. The average Bonchev–Trinajstić information content (AvgIpc) is 2.31. The molecule has 3 nitrogen and oxygen atoms in total. The van der Waals surface area contributed by atoms with Crippen molar-refractivity contribution in [1.82, 2.24) is 10.4 Å². The third kappa shape index (κ3) is 3.02. The van der Waals surface area contributed by atoms with Gasteiger partial charge in [0.05, 0.1) is 0 Å².